The third-order valence-corrected chi connectivity index (χ3v) is 2.66. The van der Waals surface area contributed by atoms with Crippen molar-refractivity contribution in [2.45, 2.75) is 0 Å². The number of urea groups is 1. The van der Waals surface area contributed by atoms with Gasteiger partial charge in [0.25, 0.3) is 0 Å². The predicted molar refractivity (Wildman–Crippen MR) is 62.5 cm³/mol. The SMILES string of the molecule is C=CCN(CC(=O)O)C(=O)NCCS(C)(=O)=O. The first-order chi connectivity index (χ1) is 7.76. The third kappa shape index (κ3) is 8.26. The summed E-state index contributed by atoms with van der Waals surface area (Å²) in [5.74, 6) is -1.33. The van der Waals surface area contributed by atoms with Gasteiger partial charge in [0, 0.05) is 19.3 Å². The molecule has 0 saturated heterocycles. The topological polar surface area (TPSA) is 104 Å². The number of hydrogen-bond donors (Lipinski definition) is 2. The van der Waals surface area contributed by atoms with Gasteiger partial charge in [-0.1, -0.05) is 6.08 Å². The molecule has 0 spiro atoms. The monoisotopic (exact) mass is 264 g/mol. The minimum absolute atomic E-state index is 0.0507. The molecule has 0 aromatic heterocycles. The lowest BCUT2D eigenvalue weighted by Gasteiger charge is -2.19. The molecule has 0 radical (unpaired) electrons. The lowest BCUT2D eigenvalue weighted by atomic mass is 10.5. The number of carboxylic acids is 1. The molecular weight excluding hydrogens is 248 g/mol. The van der Waals surface area contributed by atoms with Gasteiger partial charge < -0.3 is 15.3 Å². The summed E-state index contributed by atoms with van der Waals surface area (Å²) in [5.41, 5.74) is 0. The Hall–Kier alpha value is -1.57. The summed E-state index contributed by atoms with van der Waals surface area (Å²) in [5, 5.41) is 10.9. The molecule has 98 valence electrons. The van der Waals surface area contributed by atoms with Gasteiger partial charge in [-0.25, -0.2) is 13.2 Å². The Bertz CT molecular complexity index is 390. The molecule has 0 atom stereocenters. The van der Waals surface area contributed by atoms with Crippen molar-refractivity contribution in [3.63, 3.8) is 0 Å². The van der Waals surface area contributed by atoms with Gasteiger partial charge >= 0.3 is 12.0 Å². The van der Waals surface area contributed by atoms with Crippen molar-refractivity contribution in [1.29, 1.82) is 0 Å². The molecule has 17 heavy (non-hydrogen) atoms. The lowest BCUT2D eigenvalue weighted by molar-refractivity contribution is -0.137. The van der Waals surface area contributed by atoms with Crippen LogP contribution in [0.15, 0.2) is 12.7 Å². The fourth-order valence-electron chi connectivity index (χ4n) is 0.994. The van der Waals surface area contributed by atoms with Crippen molar-refractivity contribution >= 4 is 21.8 Å². The summed E-state index contributed by atoms with van der Waals surface area (Å²) >= 11 is 0. The van der Waals surface area contributed by atoms with Crippen LogP contribution in [0.4, 0.5) is 4.79 Å². The normalized spacial score (nSPS) is 10.6. The molecular formula is C9H16N2O5S. The van der Waals surface area contributed by atoms with Crippen LogP contribution < -0.4 is 5.32 Å². The molecule has 8 heteroatoms. The van der Waals surface area contributed by atoms with Crippen LogP contribution in [0.5, 0.6) is 0 Å². The Kier molecular flexibility index (Phi) is 6.26. The predicted octanol–water partition coefficient (Wildman–Crippen LogP) is -0.687. The molecule has 2 N–H and O–H groups in total. The van der Waals surface area contributed by atoms with Gasteiger partial charge in [-0.2, -0.15) is 0 Å². The first-order valence-electron chi connectivity index (χ1n) is 4.79. The van der Waals surface area contributed by atoms with Crippen LogP contribution in [0.3, 0.4) is 0 Å². The number of amides is 2. The van der Waals surface area contributed by atoms with Gasteiger partial charge in [-0.05, 0) is 0 Å². The molecule has 0 unspecified atom stereocenters. The second-order valence-corrected chi connectivity index (χ2v) is 5.68. The molecule has 0 aliphatic carbocycles. The number of carbonyl (C=O) groups is 2. The maximum atomic E-state index is 11.5. The number of carbonyl (C=O) groups excluding carboxylic acids is 1. The maximum absolute atomic E-state index is 11.5. The van der Waals surface area contributed by atoms with E-state index in [1.54, 1.807) is 0 Å². The maximum Gasteiger partial charge on any atom is 0.323 e. The Morgan fingerprint density at radius 2 is 2.06 bits per heavy atom. The Morgan fingerprint density at radius 1 is 1.47 bits per heavy atom. The van der Waals surface area contributed by atoms with Crippen molar-refractivity contribution < 1.29 is 23.1 Å². The highest BCUT2D eigenvalue weighted by Gasteiger charge is 2.15. The zero-order valence-electron chi connectivity index (χ0n) is 9.55. The van der Waals surface area contributed by atoms with Crippen LogP contribution in [-0.2, 0) is 14.6 Å². The van der Waals surface area contributed by atoms with Crippen LogP contribution in [0, 0.1) is 0 Å². The van der Waals surface area contributed by atoms with Crippen LogP contribution in [0.2, 0.25) is 0 Å². The van der Waals surface area contributed by atoms with Crippen LogP contribution >= 0.6 is 0 Å². The second-order valence-electron chi connectivity index (χ2n) is 3.42. The molecule has 0 aromatic carbocycles. The molecule has 0 aliphatic heterocycles. The van der Waals surface area contributed by atoms with E-state index in [1.807, 2.05) is 0 Å². The van der Waals surface area contributed by atoms with Gasteiger partial charge in [0.15, 0.2) is 0 Å². The van der Waals surface area contributed by atoms with E-state index in [4.69, 9.17) is 5.11 Å². The molecule has 0 rings (SSSR count). The minimum atomic E-state index is -3.15. The van der Waals surface area contributed by atoms with Crippen LogP contribution in [0.25, 0.3) is 0 Å². The van der Waals surface area contributed by atoms with Crippen LogP contribution in [-0.4, -0.2) is 62.1 Å². The standard InChI is InChI=1S/C9H16N2O5S/c1-3-5-11(7-8(12)13)9(14)10-4-6-17(2,15)16/h3H,1,4-7H2,2H3,(H,10,14)(H,12,13). The van der Waals surface area contributed by atoms with Crippen LogP contribution in [0.1, 0.15) is 0 Å². The number of carboxylic acid groups (broad SMARTS) is 1. The summed E-state index contributed by atoms with van der Waals surface area (Å²) in [6, 6.07) is -0.629. The number of sulfone groups is 1. The number of rotatable bonds is 7. The Morgan fingerprint density at radius 3 is 2.47 bits per heavy atom. The zero-order chi connectivity index (χ0) is 13.5. The molecule has 0 fully saturated rings. The summed E-state index contributed by atoms with van der Waals surface area (Å²) in [7, 11) is -3.15. The first kappa shape index (κ1) is 15.4. The summed E-state index contributed by atoms with van der Waals surface area (Å²) < 4.78 is 21.6. The van der Waals surface area contributed by atoms with Crippen molar-refractivity contribution in [3.8, 4) is 0 Å². The van der Waals surface area contributed by atoms with Crippen molar-refractivity contribution in [2.75, 3.05) is 31.6 Å². The summed E-state index contributed by atoms with van der Waals surface area (Å²) in [6.45, 7) is 2.97. The van der Waals surface area contributed by atoms with E-state index in [0.717, 1.165) is 11.2 Å². The molecule has 0 aromatic rings. The average molecular weight is 264 g/mol. The van der Waals surface area contributed by atoms with Gasteiger partial charge in [-0.3, -0.25) is 4.79 Å². The van der Waals surface area contributed by atoms with E-state index >= 15 is 0 Å². The smallest absolute Gasteiger partial charge is 0.323 e. The molecule has 0 heterocycles. The number of aliphatic carboxylic acids is 1. The third-order valence-electron chi connectivity index (χ3n) is 1.71. The van der Waals surface area contributed by atoms with E-state index in [-0.39, 0.29) is 18.8 Å². The fourth-order valence-corrected chi connectivity index (χ4v) is 1.47. The molecule has 2 amide bonds. The average Bonchev–Trinajstić information content (AvgIpc) is 2.14. The Balaban J connectivity index is 4.23. The summed E-state index contributed by atoms with van der Waals surface area (Å²) in [4.78, 5) is 22.9. The van der Waals surface area contributed by atoms with E-state index in [2.05, 4.69) is 11.9 Å². The summed E-state index contributed by atoms with van der Waals surface area (Å²) in [6.07, 6.45) is 2.44. The number of hydrogen-bond acceptors (Lipinski definition) is 4. The first-order valence-corrected chi connectivity index (χ1v) is 6.85. The largest absolute Gasteiger partial charge is 0.480 e. The molecule has 0 bridgehead atoms. The Labute approximate surface area is 100 Å². The molecule has 7 nitrogen and oxygen atoms in total. The minimum Gasteiger partial charge on any atom is -0.480 e. The zero-order valence-corrected chi connectivity index (χ0v) is 10.4. The van der Waals surface area contributed by atoms with E-state index < -0.39 is 28.4 Å². The van der Waals surface area contributed by atoms with E-state index in [1.165, 1.54) is 6.08 Å². The highest BCUT2D eigenvalue weighted by molar-refractivity contribution is 7.90. The van der Waals surface area contributed by atoms with Gasteiger partial charge in [0.1, 0.15) is 16.4 Å². The van der Waals surface area contributed by atoms with Crippen molar-refractivity contribution in [1.82, 2.24) is 10.2 Å². The highest BCUT2D eigenvalue weighted by atomic mass is 32.2. The fraction of sp³-hybridized carbons (Fsp3) is 0.556. The van der Waals surface area contributed by atoms with E-state index in [9.17, 15) is 18.0 Å². The number of nitrogens with one attached hydrogen (secondary N) is 1. The lowest BCUT2D eigenvalue weighted by Crippen LogP contribution is -2.44. The van der Waals surface area contributed by atoms with Crippen molar-refractivity contribution in [2.24, 2.45) is 0 Å². The van der Waals surface area contributed by atoms with Crippen molar-refractivity contribution in [3.05, 3.63) is 12.7 Å². The van der Waals surface area contributed by atoms with Gasteiger partial charge in [-0.15, -0.1) is 6.58 Å². The van der Waals surface area contributed by atoms with Gasteiger partial charge in [0.05, 0.1) is 5.75 Å². The number of nitrogens with zero attached hydrogens (tertiary/aromatic N) is 1. The van der Waals surface area contributed by atoms with E-state index in [0.29, 0.717) is 0 Å². The molecule has 0 saturated carbocycles. The molecule has 0 aliphatic rings. The van der Waals surface area contributed by atoms with Gasteiger partial charge in [0.2, 0.25) is 0 Å². The second kappa shape index (κ2) is 6.89. The quantitative estimate of drug-likeness (QED) is 0.592. The highest BCUT2D eigenvalue weighted by Crippen LogP contribution is 1.91.